The Labute approximate surface area is 362 Å². The molecular formula is C43H17F20GaOS. The molecule has 0 N–H and O–H groups in total. The summed E-state index contributed by atoms with van der Waals surface area (Å²) in [5.41, 5.74) is 0. The first-order valence-corrected chi connectivity index (χ1v) is 23.9. The number of ether oxygens (including phenoxy) is 1. The molecule has 0 aromatic heterocycles. The number of halogens is 20. The Morgan fingerprint density at radius 2 is 0.515 bits per heavy atom. The van der Waals surface area contributed by atoms with Crippen molar-refractivity contribution in [2.24, 2.45) is 0 Å². The van der Waals surface area contributed by atoms with Gasteiger partial charge in [0.05, 0.1) is 18.0 Å². The third-order valence-electron chi connectivity index (χ3n) is 9.94. The van der Waals surface area contributed by atoms with Crippen LogP contribution in [-0.2, 0) is 10.9 Å². The molecule has 23 heteroatoms. The fourth-order valence-corrected chi connectivity index (χ4v) is 21.4. The van der Waals surface area contributed by atoms with Gasteiger partial charge in [0.15, 0.2) is 14.7 Å². The Morgan fingerprint density at radius 3 is 0.758 bits per heavy atom. The second-order valence-electron chi connectivity index (χ2n) is 13.4. The van der Waals surface area contributed by atoms with Crippen LogP contribution in [0, 0.1) is 116 Å². The summed E-state index contributed by atoms with van der Waals surface area (Å²) in [4.78, 5) is 3.90. The van der Waals surface area contributed by atoms with Crippen molar-refractivity contribution >= 4 is 42.4 Å². The van der Waals surface area contributed by atoms with Crippen molar-refractivity contribution in [1.82, 2.24) is 0 Å². The van der Waals surface area contributed by atoms with E-state index in [-0.39, 0.29) is 10.9 Å². The molecule has 0 aliphatic carbocycles. The maximum absolute atomic E-state index is 15.4. The van der Waals surface area contributed by atoms with Crippen LogP contribution in [0.4, 0.5) is 87.8 Å². The minimum absolute atomic E-state index is 0.107. The molecule has 0 saturated carbocycles. The average molecular weight is 1030 g/mol. The third kappa shape index (κ3) is 7.92. The molecule has 0 aliphatic heterocycles. The van der Waals surface area contributed by atoms with Crippen LogP contribution in [0.3, 0.4) is 0 Å². The molecule has 0 amide bonds. The van der Waals surface area contributed by atoms with Crippen LogP contribution in [0.2, 0.25) is 0 Å². The molecule has 0 bridgehead atoms. The van der Waals surface area contributed by atoms with Gasteiger partial charge in [-0.2, -0.15) is 0 Å². The minimum atomic E-state index is -9.74. The van der Waals surface area contributed by atoms with Gasteiger partial charge in [-0.15, -0.1) is 0 Å². The molecule has 0 fully saturated rings. The van der Waals surface area contributed by atoms with E-state index in [1.807, 2.05) is 6.07 Å². The summed E-state index contributed by atoms with van der Waals surface area (Å²) in [7, 11) is 1.60. The quantitative estimate of drug-likeness (QED) is 0.0485. The summed E-state index contributed by atoms with van der Waals surface area (Å²) in [6.45, 7) is 0. The van der Waals surface area contributed by atoms with Crippen molar-refractivity contribution in [2.75, 3.05) is 7.11 Å². The number of rotatable bonds is 8. The Kier molecular flexibility index (Phi) is 14.2. The molecule has 0 unspecified atom stereocenters. The summed E-state index contributed by atoms with van der Waals surface area (Å²) in [6, 6.07) is 29.6. The second-order valence-corrected chi connectivity index (χ2v) is 23.9. The summed E-state index contributed by atoms with van der Waals surface area (Å²) < 4.78 is 286. The van der Waals surface area contributed by atoms with Crippen LogP contribution in [-0.4, -0.2) is 22.1 Å². The van der Waals surface area contributed by atoms with Crippen LogP contribution < -0.4 is 21.2 Å². The van der Waals surface area contributed by atoms with Crippen molar-refractivity contribution in [2.45, 2.75) is 14.7 Å². The maximum atomic E-state index is 15.4. The van der Waals surface area contributed by atoms with E-state index in [0.29, 0.717) is 0 Å². The fraction of sp³-hybridized carbons (Fsp3) is 0.0233. The van der Waals surface area contributed by atoms with Crippen LogP contribution >= 0.6 is 0 Å². The van der Waals surface area contributed by atoms with Crippen molar-refractivity contribution in [3.05, 3.63) is 201 Å². The van der Waals surface area contributed by atoms with Crippen molar-refractivity contribution in [3.63, 3.8) is 0 Å². The molecule has 0 atom stereocenters. The molecule has 0 heterocycles. The summed E-state index contributed by atoms with van der Waals surface area (Å²) in [5, 5.41) is 0. The second kappa shape index (κ2) is 19.0. The zero-order chi connectivity index (χ0) is 48.8. The molecule has 66 heavy (non-hydrogen) atoms. The molecule has 0 aliphatic rings. The molecule has 0 saturated heterocycles. The van der Waals surface area contributed by atoms with Gasteiger partial charge in [0.25, 0.3) is 0 Å². The van der Waals surface area contributed by atoms with Gasteiger partial charge >= 0.3 is 236 Å². The Balaban J connectivity index is 0.000000284. The molecular weight excluding hydrogens is 1010 g/mol. The SMILES string of the molecule is COc1cccc([S+](c2ccccc2)c2ccccc2)c1.Fc1c(F)c(F)[c]([Ga-]([c]2c(F)c(F)c(F)c(F)c2F)([c]2c(F)c(F)c(F)c(F)c2F)[c]2c(F)c(F)c(F)c(F)c2F)c(F)c1F. The first-order chi connectivity index (χ1) is 31.1. The van der Waals surface area contributed by atoms with E-state index in [1.54, 1.807) is 7.11 Å². The number of hydrogen-bond donors (Lipinski definition) is 0. The van der Waals surface area contributed by atoms with E-state index in [2.05, 4.69) is 78.9 Å². The van der Waals surface area contributed by atoms with Gasteiger partial charge < -0.3 is 4.74 Å². The van der Waals surface area contributed by atoms with Gasteiger partial charge in [-0.3, -0.25) is 0 Å². The van der Waals surface area contributed by atoms with E-state index in [1.165, 1.54) is 14.7 Å². The monoisotopic (exact) mass is 1030 g/mol. The topological polar surface area (TPSA) is 9.23 Å². The average Bonchev–Trinajstić information content (AvgIpc) is 3.32. The molecule has 1 nitrogen and oxygen atoms in total. The zero-order valence-electron chi connectivity index (χ0n) is 32.0. The van der Waals surface area contributed by atoms with Gasteiger partial charge in [-0.1, -0.05) is 42.5 Å². The molecule has 344 valence electrons. The van der Waals surface area contributed by atoms with E-state index >= 15 is 35.1 Å². The van der Waals surface area contributed by atoms with E-state index < -0.39 is 148 Å². The van der Waals surface area contributed by atoms with Gasteiger partial charge in [0.1, 0.15) is 5.75 Å². The van der Waals surface area contributed by atoms with Gasteiger partial charge in [-0.05, 0) is 36.4 Å². The molecule has 7 rings (SSSR count). The van der Waals surface area contributed by atoms with Gasteiger partial charge in [0, 0.05) is 6.07 Å². The molecule has 0 spiro atoms. The molecule has 0 radical (unpaired) electrons. The number of hydrogen-bond acceptors (Lipinski definition) is 1. The predicted molar refractivity (Wildman–Crippen MR) is 197 cm³/mol. The first kappa shape index (κ1) is 49.4. The van der Waals surface area contributed by atoms with E-state index in [0.717, 1.165) is 5.75 Å². The number of benzene rings is 7. The number of methoxy groups -OCH3 is 1. The molecule has 7 aromatic rings. The normalized spacial score (nSPS) is 11.5. The standard InChI is InChI=1S/C19H17OS.4C6F5.Ga/c1-20-16-9-8-14-19(15-16)21(17-10-4-2-5-11-17)18-12-6-3-7-13-18;4*7-2-1-3(8)5(10)6(11)4(2)9;/h2-15H,1H3;;;;;/q+1;;;;;-1. The van der Waals surface area contributed by atoms with Crippen LogP contribution in [0.15, 0.2) is 99.6 Å². The Hall–Kier alpha value is -6.07. The van der Waals surface area contributed by atoms with Crippen molar-refractivity contribution in [1.29, 1.82) is 0 Å². The van der Waals surface area contributed by atoms with Crippen LogP contribution in [0.5, 0.6) is 5.75 Å². The van der Waals surface area contributed by atoms with Crippen molar-refractivity contribution < 1.29 is 92.5 Å². The zero-order valence-corrected chi connectivity index (χ0v) is 35.3. The Bertz CT molecular complexity index is 2610. The van der Waals surface area contributed by atoms with E-state index in [9.17, 15) is 52.7 Å². The summed E-state index contributed by atoms with van der Waals surface area (Å²) in [5.74, 6) is -69.6. The third-order valence-corrected chi connectivity index (χ3v) is 23.7. The van der Waals surface area contributed by atoms with Gasteiger partial charge in [0.2, 0.25) is 0 Å². The first-order valence-electron chi connectivity index (χ1n) is 17.8. The fourth-order valence-electron chi connectivity index (χ4n) is 7.12. The van der Waals surface area contributed by atoms with E-state index in [4.69, 9.17) is 4.74 Å². The van der Waals surface area contributed by atoms with Crippen LogP contribution in [0.25, 0.3) is 0 Å². The summed E-state index contributed by atoms with van der Waals surface area (Å²) in [6.07, 6.45) is 0. The predicted octanol–water partition coefficient (Wildman–Crippen LogP) is 10.6. The van der Waals surface area contributed by atoms with Gasteiger partial charge in [-0.25, -0.2) is 0 Å². The summed E-state index contributed by atoms with van der Waals surface area (Å²) >= 11 is -9.74. The van der Waals surface area contributed by atoms with Crippen LogP contribution in [0.1, 0.15) is 0 Å². The Morgan fingerprint density at radius 1 is 0.288 bits per heavy atom. The molecule has 7 aromatic carbocycles. The van der Waals surface area contributed by atoms with Crippen molar-refractivity contribution in [3.8, 4) is 5.75 Å².